The third-order valence-electron chi connectivity index (χ3n) is 2.53. The molecule has 0 bridgehead atoms. The van der Waals surface area contributed by atoms with Crippen LogP contribution >= 0.6 is 0 Å². The van der Waals surface area contributed by atoms with Crippen LogP contribution in [0, 0.1) is 33.4 Å². The van der Waals surface area contributed by atoms with E-state index in [1.807, 2.05) is 5.32 Å². The molecule has 0 aliphatic carbocycles. The summed E-state index contributed by atoms with van der Waals surface area (Å²) in [6.07, 6.45) is 0. The van der Waals surface area contributed by atoms with Gasteiger partial charge in [-0.2, -0.15) is 0 Å². The summed E-state index contributed by atoms with van der Waals surface area (Å²) in [5.41, 5.74) is 3.60. The molecule has 0 saturated heterocycles. The average Bonchev–Trinajstić information content (AvgIpc) is 2.41. The van der Waals surface area contributed by atoms with E-state index in [0.29, 0.717) is 0 Å². The molecular formula is C12H7F4N3O2. The lowest BCUT2D eigenvalue weighted by Gasteiger charge is -2.10. The Balaban J connectivity index is 2.50. The largest absolute Gasteiger partial charge is 0.398 e. The number of nitrogens with zero attached hydrogens (tertiary/aromatic N) is 1. The molecule has 3 N–H and O–H groups in total. The lowest BCUT2D eigenvalue weighted by atomic mass is 10.2. The van der Waals surface area contributed by atoms with Crippen molar-refractivity contribution in [2.75, 3.05) is 11.1 Å². The molecule has 0 aliphatic rings. The normalized spacial score (nSPS) is 10.5. The van der Waals surface area contributed by atoms with Crippen LogP contribution in [0.25, 0.3) is 0 Å². The van der Waals surface area contributed by atoms with Crippen LogP contribution in [0.15, 0.2) is 24.3 Å². The molecule has 5 nitrogen and oxygen atoms in total. The number of non-ortho nitro benzene ring substituents is 1. The van der Waals surface area contributed by atoms with Gasteiger partial charge < -0.3 is 11.1 Å². The van der Waals surface area contributed by atoms with Gasteiger partial charge in [-0.15, -0.1) is 0 Å². The minimum atomic E-state index is -1.65. The Bertz CT molecular complexity index is 711. The molecule has 0 heterocycles. The van der Waals surface area contributed by atoms with E-state index in [-0.39, 0.29) is 17.4 Å². The third kappa shape index (κ3) is 2.86. The summed E-state index contributed by atoms with van der Waals surface area (Å²) in [6.45, 7) is 0. The van der Waals surface area contributed by atoms with E-state index in [2.05, 4.69) is 0 Å². The summed E-state index contributed by atoms with van der Waals surface area (Å²) in [7, 11) is 0. The number of anilines is 3. The predicted octanol–water partition coefficient (Wildman–Crippen LogP) is 3.48. The van der Waals surface area contributed by atoms with Crippen molar-refractivity contribution in [3.63, 3.8) is 0 Å². The van der Waals surface area contributed by atoms with Gasteiger partial charge in [0.25, 0.3) is 5.69 Å². The minimum Gasteiger partial charge on any atom is -0.398 e. The molecule has 2 aromatic rings. The van der Waals surface area contributed by atoms with E-state index in [1.165, 1.54) is 0 Å². The number of benzene rings is 2. The highest BCUT2D eigenvalue weighted by Crippen LogP contribution is 2.30. The van der Waals surface area contributed by atoms with Gasteiger partial charge in [0.2, 0.25) is 0 Å². The predicted molar refractivity (Wildman–Crippen MR) is 67.1 cm³/mol. The van der Waals surface area contributed by atoms with E-state index in [9.17, 15) is 27.7 Å². The van der Waals surface area contributed by atoms with Gasteiger partial charge in [-0.25, -0.2) is 17.6 Å². The Kier molecular flexibility index (Phi) is 3.66. The van der Waals surface area contributed by atoms with Crippen LogP contribution < -0.4 is 11.1 Å². The van der Waals surface area contributed by atoms with Crippen molar-refractivity contribution < 1.29 is 22.5 Å². The molecule has 9 heteroatoms. The van der Waals surface area contributed by atoms with Gasteiger partial charge in [0, 0.05) is 29.6 Å². The molecule has 0 atom stereocenters. The number of nitro groups is 1. The number of nitro benzene ring substituents is 1. The molecule has 0 radical (unpaired) electrons. The van der Waals surface area contributed by atoms with E-state index < -0.39 is 39.6 Å². The van der Waals surface area contributed by atoms with Crippen molar-refractivity contribution in [3.8, 4) is 0 Å². The highest BCUT2D eigenvalue weighted by molar-refractivity contribution is 5.68. The van der Waals surface area contributed by atoms with Gasteiger partial charge in [-0.05, 0) is 6.07 Å². The zero-order valence-electron chi connectivity index (χ0n) is 10.2. The summed E-state index contributed by atoms with van der Waals surface area (Å²) >= 11 is 0. The first kappa shape index (κ1) is 14.6. The van der Waals surface area contributed by atoms with E-state index in [4.69, 9.17) is 5.73 Å². The van der Waals surface area contributed by atoms with Crippen molar-refractivity contribution >= 4 is 22.7 Å². The first-order valence-electron chi connectivity index (χ1n) is 5.44. The zero-order chi connectivity index (χ0) is 15.7. The first-order chi connectivity index (χ1) is 9.79. The standard InChI is InChI=1S/C12H7F4N3O2/c13-8-4-9(14)11(16)12(10(8)15)18-6-1-5(17)2-7(3-6)19(20)21/h1-4,18H,17H2. The highest BCUT2D eigenvalue weighted by Gasteiger charge is 2.20. The number of halogens is 4. The van der Waals surface area contributed by atoms with Crippen molar-refractivity contribution in [2.45, 2.75) is 0 Å². The Morgan fingerprint density at radius 3 is 2.10 bits per heavy atom. The fourth-order valence-corrected chi connectivity index (χ4v) is 1.64. The summed E-state index contributed by atoms with van der Waals surface area (Å²) < 4.78 is 53.1. The molecule has 0 unspecified atom stereocenters. The Labute approximate surface area is 115 Å². The fourth-order valence-electron chi connectivity index (χ4n) is 1.64. The molecular weight excluding hydrogens is 294 g/mol. The molecule has 2 rings (SSSR count). The van der Waals surface area contributed by atoms with E-state index >= 15 is 0 Å². The van der Waals surface area contributed by atoms with E-state index in [1.54, 1.807) is 0 Å². The average molecular weight is 301 g/mol. The van der Waals surface area contributed by atoms with Crippen LogP contribution in [-0.4, -0.2) is 4.92 Å². The van der Waals surface area contributed by atoms with Gasteiger partial charge in [0.1, 0.15) is 5.69 Å². The summed E-state index contributed by atoms with van der Waals surface area (Å²) in [5, 5.41) is 12.7. The second-order valence-corrected chi connectivity index (χ2v) is 4.04. The molecule has 0 aromatic heterocycles. The zero-order valence-corrected chi connectivity index (χ0v) is 10.2. The molecule has 110 valence electrons. The fraction of sp³-hybridized carbons (Fsp3) is 0. The second-order valence-electron chi connectivity index (χ2n) is 4.04. The lowest BCUT2D eigenvalue weighted by Crippen LogP contribution is -2.04. The molecule has 21 heavy (non-hydrogen) atoms. The SMILES string of the molecule is Nc1cc(Nc2c(F)c(F)cc(F)c2F)cc([N+](=O)[O-])c1. The van der Waals surface area contributed by atoms with Crippen LogP contribution in [0.5, 0.6) is 0 Å². The monoisotopic (exact) mass is 301 g/mol. The first-order valence-corrected chi connectivity index (χ1v) is 5.44. The number of hydrogen-bond acceptors (Lipinski definition) is 4. The maximum Gasteiger partial charge on any atom is 0.273 e. The molecule has 0 amide bonds. The number of rotatable bonds is 3. The van der Waals surface area contributed by atoms with Crippen LogP contribution in [0.3, 0.4) is 0 Å². The topological polar surface area (TPSA) is 81.2 Å². The van der Waals surface area contributed by atoms with Gasteiger partial charge >= 0.3 is 0 Å². The van der Waals surface area contributed by atoms with Gasteiger partial charge in [0.05, 0.1) is 4.92 Å². The van der Waals surface area contributed by atoms with Crippen molar-refractivity contribution in [3.05, 3.63) is 57.6 Å². The molecule has 2 aromatic carbocycles. The summed E-state index contributed by atoms with van der Waals surface area (Å²) in [6, 6.07) is 3.11. The number of nitrogen functional groups attached to an aromatic ring is 1. The summed E-state index contributed by atoms with van der Waals surface area (Å²) in [5.74, 6) is -6.51. The van der Waals surface area contributed by atoms with Gasteiger partial charge in [-0.3, -0.25) is 10.1 Å². The number of nitrogens with one attached hydrogen (secondary N) is 1. The smallest absolute Gasteiger partial charge is 0.273 e. The third-order valence-corrected chi connectivity index (χ3v) is 2.53. The van der Waals surface area contributed by atoms with Crippen LogP contribution in [0.1, 0.15) is 0 Å². The summed E-state index contributed by atoms with van der Waals surface area (Å²) in [4.78, 5) is 9.88. The van der Waals surface area contributed by atoms with Crippen LogP contribution in [-0.2, 0) is 0 Å². The molecule has 0 fully saturated rings. The highest BCUT2D eigenvalue weighted by atomic mass is 19.2. The van der Waals surface area contributed by atoms with Gasteiger partial charge in [0.15, 0.2) is 23.3 Å². The Morgan fingerprint density at radius 1 is 1.00 bits per heavy atom. The quantitative estimate of drug-likeness (QED) is 0.299. The maximum absolute atomic E-state index is 13.5. The van der Waals surface area contributed by atoms with Crippen LogP contribution in [0.4, 0.5) is 40.3 Å². The minimum absolute atomic E-state index is 0.0532. The molecule has 0 spiro atoms. The molecule has 0 saturated carbocycles. The Morgan fingerprint density at radius 2 is 1.57 bits per heavy atom. The number of nitrogens with two attached hydrogens (primary N) is 1. The molecule has 0 aliphatic heterocycles. The van der Waals surface area contributed by atoms with Crippen molar-refractivity contribution in [2.24, 2.45) is 0 Å². The van der Waals surface area contributed by atoms with Crippen LogP contribution in [0.2, 0.25) is 0 Å². The van der Waals surface area contributed by atoms with Gasteiger partial charge in [-0.1, -0.05) is 0 Å². The Hall–Kier alpha value is -2.84. The van der Waals surface area contributed by atoms with Crippen molar-refractivity contribution in [1.82, 2.24) is 0 Å². The maximum atomic E-state index is 13.5. The number of hydrogen-bond donors (Lipinski definition) is 2. The van der Waals surface area contributed by atoms with E-state index in [0.717, 1.165) is 18.2 Å². The lowest BCUT2D eigenvalue weighted by molar-refractivity contribution is -0.384. The second kappa shape index (κ2) is 5.27. The van der Waals surface area contributed by atoms with Crippen molar-refractivity contribution in [1.29, 1.82) is 0 Å².